The van der Waals surface area contributed by atoms with Crippen LogP contribution in [0.2, 0.25) is 5.02 Å². The van der Waals surface area contributed by atoms with Crippen molar-refractivity contribution >= 4 is 51.8 Å². The third-order valence-electron chi connectivity index (χ3n) is 16.3. The van der Waals surface area contributed by atoms with E-state index in [2.05, 4.69) is 44.7 Å². The standard InChI is InChI=1S/C57H63ClF2N6O7/c1-34-49-47(31-45(59)52(58)51(49)50-44(54(61)69)15-16-46(53(50)60)72-28-27-67)73-57(34,41-5-3-2-4-6-41)33-62-42-12-9-38(10-13-42)55(70)65-24-17-35(18-25-65)32-64-22-19-37(20-23-64)39-8-7-36-11-14-43(30-40(36)29-39)66-26-21-48(68)63-56(66)71/h2-8,11,14-16,29-31,34-35,37-38,42,62,67H,9-10,12-13,17-28,32-33H2,1H3,(H2,61,69)(H,63,68,71)/t34-,38?,42?,57-/m0/s1. The van der Waals surface area contributed by atoms with Gasteiger partial charge >= 0.3 is 6.03 Å². The van der Waals surface area contributed by atoms with Crippen molar-refractivity contribution in [1.82, 2.24) is 20.4 Å². The molecule has 16 heteroatoms. The smallest absolute Gasteiger partial charge is 0.328 e. The zero-order valence-corrected chi connectivity index (χ0v) is 41.9. The van der Waals surface area contributed by atoms with Crippen LogP contribution in [0.15, 0.2) is 84.9 Å². The number of hydrogen-bond donors (Lipinski definition) is 4. The number of fused-ring (bicyclic) bond motifs is 2. The molecule has 10 rings (SSSR count). The van der Waals surface area contributed by atoms with Crippen molar-refractivity contribution in [2.75, 3.05) is 63.9 Å². The topological polar surface area (TPSA) is 167 Å². The molecule has 0 bridgehead atoms. The predicted molar refractivity (Wildman–Crippen MR) is 276 cm³/mol. The van der Waals surface area contributed by atoms with E-state index in [1.54, 1.807) is 4.90 Å². The molecule has 5 N–H and O–H groups in total. The largest absolute Gasteiger partial charge is 0.488 e. The zero-order chi connectivity index (χ0) is 51.0. The lowest BCUT2D eigenvalue weighted by Gasteiger charge is -2.40. The number of aliphatic hydroxyl groups is 1. The van der Waals surface area contributed by atoms with E-state index in [-0.39, 0.29) is 76.2 Å². The van der Waals surface area contributed by atoms with Crippen LogP contribution in [0.5, 0.6) is 11.5 Å². The van der Waals surface area contributed by atoms with Gasteiger partial charge in [0.15, 0.2) is 17.2 Å². The highest BCUT2D eigenvalue weighted by molar-refractivity contribution is 6.34. The Morgan fingerprint density at radius 1 is 0.877 bits per heavy atom. The number of rotatable bonds is 14. The fourth-order valence-corrected chi connectivity index (χ4v) is 12.5. The van der Waals surface area contributed by atoms with Crippen molar-refractivity contribution in [1.29, 1.82) is 0 Å². The van der Waals surface area contributed by atoms with E-state index in [0.29, 0.717) is 36.9 Å². The van der Waals surface area contributed by atoms with E-state index in [1.165, 1.54) is 23.8 Å². The molecule has 4 aliphatic heterocycles. The molecule has 384 valence electrons. The number of imide groups is 1. The van der Waals surface area contributed by atoms with Crippen LogP contribution >= 0.6 is 11.6 Å². The number of nitrogens with one attached hydrogen (secondary N) is 2. The van der Waals surface area contributed by atoms with Crippen LogP contribution in [-0.2, 0) is 15.2 Å². The molecule has 1 saturated carbocycles. The van der Waals surface area contributed by atoms with E-state index in [1.807, 2.05) is 49.4 Å². The number of likely N-dealkylation sites (tertiary alicyclic amines) is 2. The summed E-state index contributed by atoms with van der Waals surface area (Å²) < 4.78 is 44.6. The Hall–Kier alpha value is -6.13. The Balaban J connectivity index is 0.730. The Kier molecular flexibility index (Phi) is 14.8. The molecule has 0 aromatic heterocycles. The van der Waals surface area contributed by atoms with Crippen molar-refractivity contribution < 1.29 is 42.5 Å². The first-order chi connectivity index (χ1) is 35.3. The molecule has 3 saturated heterocycles. The first-order valence-electron chi connectivity index (χ1n) is 25.8. The highest BCUT2D eigenvalue weighted by atomic mass is 35.5. The van der Waals surface area contributed by atoms with Crippen molar-refractivity contribution in [2.24, 2.45) is 17.6 Å². The lowest BCUT2D eigenvalue weighted by Crippen LogP contribution is -2.49. The molecule has 5 amide bonds. The third-order valence-corrected chi connectivity index (χ3v) is 16.7. The van der Waals surface area contributed by atoms with Gasteiger partial charge in [0.25, 0.3) is 0 Å². The minimum absolute atomic E-state index is 0.0431. The van der Waals surface area contributed by atoms with Gasteiger partial charge in [-0.15, -0.1) is 0 Å². The second kappa shape index (κ2) is 21.4. The summed E-state index contributed by atoms with van der Waals surface area (Å²) in [5, 5.41) is 17.4. The van der Waals surface area contributed by atoms with Gasteiger partial charge < -0.3 is 35.4 Å². The molecule has 0 unspecified atom stereocenters. The van der Waals surface area contributed by atoms with Crippen LogP contribution in [0, 0.1) is 23.5 Å². The van der Waals surface area contributed by atoms with E-state index >= 15 is 8.78 Å². The Bertz CT molecular complexity index is 2900. The van der Waals surface area contributed by atoms with Gasteiger partial charge in [0.2, 0.25) is 17.7 Å². The Labute approximate surface area is 429 Å². The Morgan fingerprint density at radius 3 is 2.33 bits per heavy atom. The van der Waals surface area contributed by atoms with Crippen molar-refractivity contribution in [3.05, 3.63) is 124 Å². The molecule has 13 nitrogen and oxygen atoms in total. The Morgan fingerprint density at radius 2 is 1.62 bits per heavy atom. The molecular formula is C57H63ClF2N6O7. The summed E-state index contributed by atoms with van der Waals surface area (Å²) in [5.41, 5.74) is 7.46. The zero-order valence-electron chi connectivity index (χ0n) is 41.1. The number of urea groups is 1. The number of halogens is 3. The van der Waals surface area contributed by atoms with E-state index in [0.717, 1.165) is 106 Å². The number of hydrogen-bond acceptors (Lipinski definition) is 9. The summed E-state index contributed by atoms with van der Waals surface area (Å²) in [7, 11) is 0. The third kappa shape index (κ3) is 10.1. The molecule has 5 aromatic carbocycles. The fourth-order valence-electron chi connectivity index (χ4n) is 12.2. The average molecular weight is 1020 g/mol. The predicted octanol–water partition coefficient (Wildman–Crippen LogP) is 9.01. The monoisotopic (exact) mass is 1020 g/mol. The number of benzene rings is 5. The van der Waals surface area contributed by atoms with Crippen molar-refractivity contribution in [3.63, 3.8) is 0 Å². The SMILES string of the molecule is C[C@H]1c2c(cc(F)c(Cl)c2-c2c(C(N)=O)ccc(OCCO)c2F)O[C@]1(CNC1CCC(C(=O)N2CCC(CN3CCC(c4ccc5ccc(N6CCC(=O)NC6=O)cc5c4)CC3)CC2)CC1)c1ccccc1. The first-order valence-corrected chi connectivity index (χ1v) is 26.2. The van der Waals surface area contributed by atoms with Gasteiger partial charge in [0.05, 0.1) is 17.2 Å². The minimum atomic E-state index is -1.10. The lowest BCUT2D eigenvalue weighted by atomic mass is 9.77. The highest BCUT2D eigenvalue weighted by Crippen LogP contribution is 2.56. The number of nitrogens with zero attached hydrogens (tertiary/aromatic N) is 3. The number of anilines is 1. The van der Waals surface area contributed by atoms with E-state index < -0.39 is 29.1 Å². The molecule has 0 spiro atoms. The van der Waals surface area contributed by atoms with Crippen LogP contribution in [0.1, 0.15) is 104 Å². The van der Waals surface area contributed by atoms with Gasteiger partial charge in [-0.05, 0) is 122 Å². The molecule has 5 aliphatic rings. The van der Waals surface area contributed by atoms with Crippen LogP contribution < -0.4 is 30.7 Å². The van der Waals surface area contributed by atoms with Gasteiger partial charge in [-0.25, -0.2) is 13.6 Å². The summed E-state index contributed by atoms with van der Waals surface area (Å²) in [6.45, 7) is 6.69. The summed E-state index contributed by atoms with van der Waals surface area (Å²) >= 11 is 6.73. The van der Waals surface area contributed by atoms with Gasteiger partial charge in [-0.3, -0.25) is 24.6 Å². The van der Waals surface area contributed by atoms with Crippen LogP contribution in [-0.4, -0.2) is 104 Å². The van der Waals surface area contributed by atoms with Crippen LogP contribution in [0.4, 0.5) is 19.3 Å². The number of nitrogens with two attached hydrogens (primary N) is 1. The second-order valence-corrected chi connectivity index (χ2v) is 21.0. The van der Waals surface area contributed by atoms with Gasteiger partial charge in [0.1, 0.15) is 18.2 Å². The number of primary amides is 1. The molecule has 5 aromatic rings. The van der Waals surface area contributed by atoms with Crippen LogP contribution in [0.3, 0.4) is 0 Å². The van der Waals surface area contributed by atoms with Gasteiger partial charge in [-0.1, -0.05) is 73.1 Å². The van der Waals surface area contributed by atoms with Crippen LogP contribution in [0.25, 0.3) is 21.9 Å². The second-order valence-electron chi connectivity index (χ2n) is 20.6. The summed E-state index contributed by atoms with van der Waals surface area (Å²) in [5.74, 6) is -2.41. The molecule has 4 fully saturated rings. The maximum atomic E-state index is 16.5. The highest BCUT2D eigenvalue weighted by Gasteiger charge is 2.50. The molecule has 0 radical (unpaired) electrons. The summed E-state index contributed by atoms with van der Waals surface area (Å²) in [6, 6.07) is 25.7. The minimum Gasteiger partial charge on any atom is -0.488 e. The molecule has 1 aliphatic carbocycles. The molecule has 2 atom stereocenters. The maximum absolute atomic E-state index is 16.5. The first kappa shape index (κ1) is 50.4. The number of ether oxygens (including phenoxy) is 2. The normalized spacial score (nSPS) is 23.1. The number of carbonyl (C=O) groups is 4. The lowest BCUT2D eigenvalue weighted by molar-refractivity contribution is -0.138. The number of carbonyl (C=O) groups excluding carboxylic acids is 4. The van der Waals surface area contributed by atoms with Crippen molar-refractivity contribution in [2.45, 2.75) is 88.2 Å². The van der Waals surface area contributed by atoms with Crippen molar-refractivity contribution in [3.8, 4) is 22.6 Å². The molecular weight excluding hydrogens is 954 g/mol. The van der Waals surface area contributed by atoms with E-state index in [9.17, 15) is 24.3 Å². The molecule has 4 heterocycles. The van der Waals surface area contributed by atoms with Gasteiger partial charge in [-0.2, -0.15) is 0 Å². The summed E-state index contributed by atoms with van der Waals surface area (Å²) in [4.78, 5) is 57.3. The summed E-state index contributed by atoms with van der Waals surface area (Å²) in [6.07, 6.45) is 7.53. The maximum Gasteiger partial charge on any atom is 0.328 e. The average Bonchev–Trinajstić information content (AvgIpc) is 3.69. The fraction of sp³-hybridized carbons (Fsp3) is 0.439. The quantitative estimate of drug-likeness (QED) is 0.0849. The number of piperidine rings is 2. The number of aliphatic hydroxyl groups excluding tert-OH is 1. The number of amides is 5. The van der Waals surface area contributed by atoms with E-state index in [4.69, 9.17) is 26.8 Å². The molecule has 73 heavy (non-hydrogen) atoms. The van der Waals surface area contributed by atoms with Gasteiger partial charge in [0, 0.05) is 85.5 Å².